The molecule has 0 rings (SSSR count). The van der Waals surface area contributed by atoms with Crippen LogP contribution in [0.5, 0.6) is 0 Å². The van der Waals surface area contributed by atoms with Gasteiger partial charge in [0.2, 0.25) is 0 Å². The summed E-state index contributed by atoms with van der Waals surface area (Å²) in [5.74, 6) is 0.864. The van der Waals surface area contributed by atoms with Crippen LogP contribution in [-0.4, -0.2) is 13.3 Å². The Morgan fingerprint density at radius 2 is 2.22 bits per heavy atom. The van der Waals surface area contributed by atoms with Crippen LogP contribution in [0.15, 0.2) is 4.99 Å². The SMILES string of the molecule is CCC(C)CCC=NC. The third-order valence-corrected chi connectivity index (χ3v) is 1.67. The summed E-state index contributed by atoms with van der Waals surface area (Å²) in [6.45, 7) is 4.51. The molecule has 0 amide bonds. The fraction of sp³-hybridized carbons (Fsp3) is 0.875. The number of aliphatic imine (C=N–C) groups is 1. The summed E-state index contributed by atoms with van der Waals surface area (Å²) in [4.78, 5) is 3.92. The van der Waals surface area contributed by atoms with Crippen LogP contribution in [0.3, 0.4) is 0 Å². The third kappa shape index (κ3) is 5.54. The highest BCUT2D eigenvalue weighted by molar-refractivity contribution is 5.56. The van der Waals surface area contributed by atoms with E-state index in [-0.39, 0.29) is 0 Å². The number of hydrogen-bond donors (Lipinski definition) is 0. The van der Waals surface area contributed by atoms with Crippen LogP contribution in [0, 0.1) is 5.92 Å². The Balaban J connectivity index is 3.06. The van der Waals surface area contributed by atoms with Crippen LogP contribution < -0.4 is 0 Å². The van der Waals surface area contributed by atoms with E-state index in [0.29, 0.717) is 0 Å². The fourth-order valence-corrected chi connectivity index (χ4v) is 0.692. The monoisotopic (exact) mass is 127 g/mol. The molecule has 0 spiro atoms. The largest absolute Gasteiger partial charge is 0.301 e. The van der Waals surface area contributed by atoms with E-state index >= 15 is 0 Å². The van der Waals surface area contributed by atoms with E-state index in [4.69, 9.17) is 0 Å². The molecule has 0 aliphatic rings. The molecule has 0 aliphatic carbocycles. The minimum atomic E-state index is 0.864. The normalized spacial score (nSPS) is 14.6. The van der Waals surface area contributed by atoms with Crippen molar-refractivity contribution in [3.8, 4) is 0 Å². The topological polar surface area (TPSA) is 12.4 Å². The predicted octanol–water partition coefficient (Wildman–Crippen LogP) is 2.51. The highest BCUT2D eigenvalue weighted by Gasteiger charge is 1.94. The molecule has 0 aromatic heterocycles. The van der Waals surface area contributed by atoms with E-state index in [1.165, 1.54) is 12.8 Å². The summed E-state index contributed by atoms with van der Waals surface area (Å²) in [5, 5.41) is 0. The summed E-state index contributed by atoms with van der Waals surface area (Å²) in [7, 11) is 1.83. The van der Waals surface area contributed by atoms with E-state index in [9.17, 15) is 0 Å². The van der Waals surface area contributed by atoms with Crippen molar-refractivity contribution in [3.05, 3.63) is 0 Å². The lowest BCUT2D eigenvalue weighted by Crippen LogP contribution is -1.91. The number of hydrogen-bond acceptors (Lipinski definition) is 1. The molecule has 0 radical (unpaired) electrons. The van der Waals surface area contributed by atoms with Gasteiger partial charge in [0, 0.05) is 7.05 Å². The Hall–Kier alpha value is -0.330. The van der Waals surface area contributed by atoms with Gasteiger partial charge < -0.3 is 4.99 Å². The Bertz CT molecular complexity index is 76.6. The van der Waals surface area contributed by atoms with Crippen LogP contribution in [0.2, 0.25) is 0 Å². The molecule has 0 heterocycles. The summed E-state index contributed by atoms with van der Waals surface area (Å²) < 4.78 is 0. The average molecular weight is 127 g/mol. The van der Waals surface area contributed by atoms with Crippen LogP contribution in [0.25, 0.3) is 0 Å². The molecule has 1 heteroatoms. The van der Waals surface area contributed by atoms with E-state index in [2.05, 4.69) is 18.8 Å². The average Bonchev–Trinajstić information content (AvgIpc) is 1.89. The van der Waals surface area contributed by atoms with Crippen molar-refractivity contribution in [2.45, 2.75) is 33.1 Å². The van der Waals surface area contributed by atoms with E-state index in [1.807, 2.05) is 13.3 Å². The van der Waals surface area contributed by atoms with Crippen molar-refractivity contribution in [1.29, 1.82) is 0 Å². The third-order valence-electron chi connectivity index (χ3n) is 1.67. The highest BCUT2D eigenvalue weighted by atomic mass is 14.6. The minimum absolute atomic E-state index is 0.864. The van der Waals surface area contributed by atoms with Gasteiger partial charge in [-0.2, -0.15) is 0 Å². The molecule has 0 saturated heterocycles. The van der Waals surface area contributed by atoms with E-state index < -0.39 is 0 Å². The maximum absolute atomic E-state index is 3.92. The predicted molar refractivity (Wildman–Crippen MR) is 43.1 cm³/mol. The standard InChI is InChI=1S/C8H17N/c1-4-8(2)6-5-7-9-3/h7-8H,4-6H2,1-3H3. The maximum Gasteiger partial charge on any atom is 0.0273 e. The van der Waals surface area contributed by atoms with Gasteiger partial charge in [-0.3, -0.25) is 0 Å². The lowest BCUT2D eigenvalue weighted by Gasteiger charge is -2.03. The molecule has 0 bridgehead atoms. The zero-order valence-corrected chi connectivity index (χ0v) is 6.72. The zero-order valence-electron chi connectivity index (χ0n) is 6.72. The molecule has 54 valence electrons. The second-order valence-electron chi connectivity index (χ2n) is 2.53. The Kier molecular flexibility index (Phi) is 5.59. The second-order valence-corrected chi connectivity index (χ2v) is 2.53. The zero-order chi connectivity index (χ0) is 7.11. The molecule has 0 aromatic carbocycles. The van der Waals surface area contributed by atoms with Crippen molar-refractivity contribution in [2.75, 3.05) is 7.05 Å². The molecule has 0 N–H and O–H groups in total. The summed E-state index contributed by atoms with van der Waals surface area (Å²) in [6, 6.07) is 0. The first-order valence-corrected chi connectivity index (χ1v) is 3.71. The maximum atomic E-state index is 3.92. The van der Waals surface area contributed by atoms with Gasteiger partial charge in [0.1, 0.15) is 0 Å². The van der Waals surface area contributed by atoms with Gasteiger partial charge >= 0.3 is 0 Å². The van der Waals surface area contributed by atoms with Gasteiger partial charge in [-0.05, 0) is 25.0 Å². The number of rotatable bonds is 4. The van der Waals surface area contributed by atoms with E-state index in [0.717, 1.165) is 12.3 Å². The quantitative estimate of drug-likeness (QED) is 0.514. The molecule has 0 aliphatic heterocycles. The first-order valence-electron chi connectivity index (χ1n) is 3.71. The van der Waals surface area contributed by atoms with Gasteiger partial charge in [-0.25, -0.2) is 0 Å². The van der Waals surface area contributed by atoms with Crippen molar-refractivity contribution in [2.24, 2.45) is 10.9 Å². The lowest BCUT2D eigenvalue weighted by molar-refractivity contribution is 0.530. The number of nitrogens with zero attached hydrogens (tertiary/aromatic N) is 1. The first-order chi connectivity index (χ1) is 4.31. The van der Waals surface area contributed by atoms with Crippen LogP contribution in [0.4, 0.5) is 0 Å². The molecule has 1 atom stereocenters. The van der Waals surface area contributed by atoms with Crippen molar-refractivity contribution >= 4 is 6.21 Å². The molecule has 9 heavy (non-hydrogen) atoms. The lowest BCUT2D eigenvalue weighted by atomic mass is 10.0. The van der Waals surface area contributed by atoms with Gasteiger partial charge in [-0.15, -0.1) is 0 Å². The summed E-state index contributed by atoms with van der Waals surface area (Å²) in [5.41, 5.74) is 0. The van der Waals surface area contributed by atoms with Crippen LogP contribution in [0.1, 0.15) is 33.1 Å². The minimum Gasteiger partial charge on any atom is -0.301 e. The van der Waals surface area contributed by atoms with E-state index in [1.54, 1.807) is 0 Å². The fourth-order valence-electron chi connectivity index (χ4n) is 0.692. The van der Waals surface area contributed by atoms with Gasteiger partial charge in [-0.1, -0.05) is 20.3 Å². The molecule has 0 aromatic rings. The molecule has 1 unspecified atom stereocenters. The Morgan fingerprint density at radius 1 is 1.56 bits per heavy atom. The van der Waals surface area contributed by atoms with Crippen molar-refractivity contribution in [3.63, 3.8) is 0 Å². The molecular weight excluding hydrogens is 110 g/mol. The highest BCUT2D eigenvalue weighted by Crippen LogP contribution is 2.07. The molecular formula is C8H17N. The van der Waals surface area contributed by atoms with Gasteiger partial charge in [0.15, 0.2) is 0 Å². The second kappa shape index (κ2) is 5.80. The Morgan fingerprint density at radius 3 is 2.67 bits per heavy atom. The van der Waals surface area contributed by atoms with Gasteiger partial charge in [0.05, 0.1) is 0 Å². The van der Waals surface area contributed by atoms with Gasteiger partial charge in [0.25, 0.3) is 0 Å². The molecule has 0 fully saturated rings. The van der Waals surface area contributed by atoms with Crippen molar-refractivity contribution < 1.29 is 0 Å². The summed E-state index contributed by atoms with van der Waals surface area (Å²) >= 11 is 0. The van der Waals surface area contributed by atoms with Crippen molar-refractivity contribution in [1.82, 2.24) is 0 Å². The Labute approximate surface area is 58.2 Å². The smallest absolute Gasteiger partial charge is 0.0273 e. The molecule has 1 nitrogen and oxygen atoms in total. The first kappa shape index (κ1) is 8.67. The van der Waals surface area contributed by atoms with Crippen LogP contribution >= 0.6 is 0 Å². The van der Waals surface area contributed by atoms with Crippen LogP contribution in [-0.2, 0) is 0 Å². The molecule has 0 saturated carbocycles. The summed E-state index contributed by atoms with van der Waals surface area (Å²) in [6.07, 6.45) is 5.71.